The van der Waals surface area contributed by atoms with E-state index in [-0.39, 0.29) is 0 Å². The highest BCUT2D eigenvalue weighted by Gasteiger charge is 2.12. The van der Waals surface area contributed by atoms with Gasteiger partial charge in [-0.05, 0) is 12.3 Å². The van der Waals surface area contributed by atoms with Gasteiger partial charge in [-0.1, -0.05) is 32.1 Å². The lowest BCUT2D eigenvalue weighted by atomic mass is 9.87. The summed E-state index contributed by atoms with van der Waals surface area (Å²) in [4.78, 5) is 8.11. The molecule has 4 nitrogen and oxygen atoms in total. The van der Waals surface area contributed by atoms with Crippen LogP contribution < -0.4 is 5.32 Å². The third-order valence-corrected chi connectivity index (χ3v) is 3.35. The first-order valence-corrected chi connectivity index (χ1v) is 6.34. The molecule has 17 heavy (non-hydrogen) atoms. The van der Waals surface area contributed by atoms with Gasteiger partial charge in [0, 0.05) is 6.54 Å². The van der Waals surface area contributed by atoms with Crippen molar-refractivity contribution in [2.45, 2.75) is 38.5 Å². The van der Waals surface area contributed by atoms with Gasteiger partial charge in [-0.15, -0.1) is 0 Å². The molecule has 1 heterocycles. The summed E-state index contributed by atoms with van der Waals surface area (Å²) in [6.45, 7) is 0.950. The smallest absolute Gasteiger partial charge is 0.158 e. The molecule has 1 aliphatic carbocycles. The van der Waals surface area contributed by atoms with E-state index in [1.54, 1.807) is 6.20 Å². The molecular formula is C13H18N4. The second kappa shape index (κ2) is 6.19. The largest absolute Gasteiger partial charge is 0.369 e. The van der Waals surface area contributed by atoms with E-state index >= 15 is 0 Å². The first kappa shape index (κ1) is 11.8. The number of rotatable bonds is 4. The van der Waals surface area contributed by atoms with Crippen LogP contribution in [0.3, 0.4) is 0 Å². The van der Waals surface area contributed by atoms with Crippen LogP contribution in [0, 0.1) is 17.2 Å². The van der Waals surface area contributed by atoms with E-state index < -0.39 is 0 Å². The molecule has 0 radical (unpaired) electrons. The molecule has 0 amide bonds. The maximum atomic E-state index is 8.60. The zero-order chi connectivity index (χ0) is 11.9. The van der Waals surface area contributed by atoms with Crippen molar-refractivity contribution in [3.05, 3.63) is 18.1 Å². The second-order valence-electron chi connectivity index (χ2n) is 4.62. The van der Waals surface area contributed by atoms with Gasteiger partial charge in [-0.2, -0.15) is 5.26 Å². The van der Waals surface area contributed by atoms with Gasteiger partial charge in [0.1, 0.15) is 11.9 Å². The SMILES string of the molecule is N#Cc1cnc(NCCC2CCCCC2)cn1. The predicted octanol–water partition coefficient (Wildman–Crippen LogP) is 2.73. The van der Waals surface area contributed by atoms with Crippen LogP contribution in [0.5, 0.6) is 0 Å². The van der Waals surface area contributed by atoms with Crippen molar-refractivity contribution in [1.82, 2.24) is 9.97 Å². The average molecular weight is 230 g/mol. The lowest BCUT2D eigenvalue weighted by molar-refractivity contribution is 0.345. The first-order chi connectivity index (χ1) is 8.38. The fraction of sp³-hybridized carbons (Fsp3) is 0.615. The molecule has 0 saturated heterocycles. The van der Waals surface area contributed by atoms with Crippen LogP contribution in [0.25, 0.3) is 0 Å². The molecule has 1 fully saturated rings. The summed E-state index contributed by atoms with van der Waals surface area (Å²) in [5.74, 6) is 1.64. The molecule has 4 heteroatoms. The van der Waals surface area contributed by atoms with E-state index in [1.165, 1.54) is 44.7 Å². The molecule has 0 aromatic carbocycles. The number of anilines is 1. The van der Waals surface area contributed by atoms with Crippen molar-refractivity contribution >= 4 is 5.82 Å². The highest BCUT2D eigenvalue weighted by atomic mass is 15.0. The number of nitrogens with one attached hydrogen (secondary N) is 1. The molecule has 1 N–H and O–H groups in total. The Kier molecular flexibility index (Phi) is 4.31. The summed E-state index contributed by atoms with van der Waals surface area (Å²) in [6.07, 6.45) is 11.3. The Hall–Kier alpha value is -1.63. The molecule has 1 aliphatic rings. The van der Waals surface area contributed by atoms with Gasteiger partial charge in [0.25, 0.3) is 0 Å². The maximum Gasteiger partial charge on any atom is 0.158 e. The standard InChI is InChI=1S/C13H18N4/c14-8-12-9-17-13(10-16-12)15-7-6-11-4-2-1-3-5-11/h9-11H,1-7H2,(H,15,17). The van der Waals surface area contributed by atoms with Crippen LogP contribution in [-0.4, -0.2) is 16.5 Å². The normalized spacial score (nSPS) is 16.4. The van der Waals surface area contributed by atoms with Crippen molar-refractivity contribution in [1.29, 1.82) is 5.26 Å². The third-order valence-electron chi connectivity index (χ3n) is 3.35. The number of nitriles is 1. The molecule has 0 atom stereocenters. The van der Waals surface area contributed by atoms with Crippen LogP contribution in [-0.2, 0) is 0 Å². The molecular weight excluding hydrogens is 212 g/mol. The Morgan fingerprint density at radius 3 is 2.71 bits per heavy atom. The summed E-state index contributed by atoms with van der Waals surface area (Å²) in [6, 6.07) is 1.96. The van der Waals surface area contributed by atoms with E-state index in [0.717, 1.165) is 18.3 Å². The van der Waals surface area contributed by atoms with Gasteiger partial charge in [0.05, 0.1) is 12.4 Å². The summed E-state index contributed by atoms with van der Waals surface area (Å²) in [7, 11) is 0. The fourth-order valence-electron chi connectivity index (χ4n) is 2.36. The van der Waals surface area contributed by atoms with Crippen LogP contribution in [0.4, 0.5) is 5.82 Å². The van der Waals surface area contributed by atoms with Gasteiger partial charge >= 0.3 is 0 Å². The zero-order valence-electron chi connectivity index (χ0n) is 10.0. The highest BCUT2D eigenvalue weighted by molar-refractivity contribution is 5.32. The molecule has 1 aromatic heterocycles. The minimum Gasteiger partial charge on any atom is -0.369 e. The fourth-order valence-corrected chi connectivity index (χ4v) is 2.36. The molecule has 0 unspecified atom stereocenters. The Labute approximate surface area is 102 Å². The van der Waals surface area contributed by atoms with E-state index in [0.29, 0.717) is 5.69 Å². The van der Waals surface area contributed by atoms with Crippen molar-refractivity contribution in [2.24, 2.45) is 5.92 Å². The molecule has 0 bridgehead atoms. The zero-order valence-corrected chi connectivity index (χ0v) is 10.0. The molecule has 1 aromatic rings. The minimum absolute atomic E-state index is 0.364. The molecule has 1 saturated carbocycles. The van der Waals surface area contributed by atoms with Crippen LogP contribution >= 0.6 is 0 Å². The summed E-state index contributed by atoms with van der Waals surface area (Å²) >= 11 is 0. The highest BCUT2D eigenvalue weighted by Crippen LogP contribution is 2.25. The maximum absolute atomic E-state index is 8.60. The van der Waals surface area contributed by atoms with E-state index in [4.69, 9.17) is 5.26 Å². The third kappa shape index (κ3) is 3.70. The van der Waals surface area contributed by atoms with Crippen LogP contribution in [0.1, 0.15) is 44.2 Å². The predicted molar refractivity (Wildman–Crippen MR) is 66.4 cm³/mol. The first-order valence-electron chi connectivity index (χ1n) is 6.34. The van der Waals surface area contributed by atoms with Gasteiger partial charge < -0.3 is 5.32 Å². The summed E-state index contributed by atoms with van der Waals surface area (Å²) < 4.78 is 0. The van der Waals surface area contributed by atoms with E-state index in [2.05, 4.69) is 15.3 Å². The molecule has 2 rings (SSSR count). The Bertz CT molecular complexity index is 373. The van der Waals surface area contributed by atoms with E-state index in [1.807, 2.05) is 6.07 Å². The number of hydrogen-bond donors (Lipinski definition) is 1. The van der Waals surface area contributed by atoms with E-state index in [9.17, 15) is 0 Å². The number of aromatic nitrogens is 2. The quantitative estimate of drug-likeness (QED) is 0.863. The summed E-state index contributed by atoms with van der Waals surface area (Å²) in [5, 5.41) is 11.9. The van der Waals surface area contributed by atoms with Gasteiger partial charge in [-0.25, -0.2) is 9.97 Å². The topological polar surface area (TPSA) is 61.6 Å². The van der Waals surface area contributed by atoms with Crippen LogP contribution in [0.15, 0.2) is 12.4 Å². The van der Waals surface area contributed by atoms with Crippen molar-refractivity contribution in [3.63, 3.8) is 0 Å². The number of hydrogen-bond acceptors (Lipinski definition) is 4. The van der Waals surface area contributed by atoms with Crippen LogP contribution in [0.2, 0.25) is 0 Å². The van der Waals surface area contributed by atoms with Crippen molar-refractivity contribution in [3.8, 4) is 6.07 Å². The monoisotopic (exact) mass is 230 g/mol. The lowest BCUT2D eigenvalue weighted by Crippen LogP contribution is -2.12. The van der Waals surface area contributed by atoms with Gasteiger partial charge in [-0.3, -0.25) is 0 Å². The molecule has 0 spiro atoms. The van der Waals surface area contributed by atoms with Crippen molar-refractivity contribution < 1.29 is 0 Å². The second-order valence-corrected chi connectivity index (χ2v) is 4.62. The number of nitrogens with zero attached hydrogens (tertiary/aromatic N) is 3. The molecule has 90 valence electrons. The van der Waals surface area contributed by atoms with Crippen molar-refractivity contribution in [2.75, 3.05) is 11.9 Å². The minimum atomic E-state index is 0.364. The lowest BCUT2D eigenvalue weighted by Gasteiger charge is -2.21. The van der Waals surface area contributed by atoms with Gasteiger partial charge in [0.15, 0.2) is 5.69 Å². The molecule has 0 aliphatic heterocycles. The summed E-state index contributed by atoms with van der Waals surface area (Å²) in [5.41, 5.74) is 0.364. The Balaban J connectivity index is 1.72. The average Bonchev–Trinajstić information content (AvgIpc) is 2.41. The Morgan fingerprint density at radius 2 is 2.06 bits per heavy atom. The van der Waals surface area contributed by atoms with Gasteiger partial charge in [0.2, 0.25) is 0 Å². The Morgan fingerprint density at radius 1 is 1.24 bits per heavy atom.